The molecule has 0 aliphatic carbocycles. The zero-order valence-electron chi connectivity index (χ0n) is 13.1. The van der Waals surface area contributed by atoms with E-state index in [-0.39, 0.29) is 6.04 Å². The number of aromatic nitrogens is 1. The minimum absolute atomic E-state index is 0.158. The predicted molar refractivity (Wildman–Crippen MR) is 94.9 cm³/mol. The van der Waals surface area contributed by atoms with E-state index in [2.05, 4.69) is 34.5 Å². The van der Waals surface area contributed by atoms with Gasteiger partial charge in [-0.05, 0) is 31.5 Å². The Morgan fingerprint density at radius 2 is 2.09 bits per heavy atom. The van der Waals surface area contributed by atoms with Crippen LogP contribution in [0.4, 0.5) is 0 Å². The minimum Gasteiger partial charge on any atom is -0.356 e. The number of aryl methyl sites for hydroxylation is 1. The number of nitrogens with zero attached hydrogens (tertiary/aromatic N) is 2. The Hall–Kier alpha value is -1.59. The summed E-state index contributed by atoms with van der Waals surface area (Å²) in [6.07, 6.45) is 2.81. The molecule has 2 aromatic rings. The van der Waals surface area contributed by atoms with Crippen LogP contribution in [-0.4, -0.2) is 24.5 Å². The van der Waals surface area contributed by atoms with E-state index in [0.29, 0.717) is 0 Å². The third kappa shape index (κ3) is 5.00. The highest BCUT2D eigenvalue weighted by Gasteiger charge is 2.07. The lowest BCUT2D eigenvalue weighted by Crippen LogP contribution is -2.39. The van der Waals surface area contributed by atoms with Crippen LogP contribution >= 0.6 is 22.9 Å². The van der Waals surface area contributed by atoms with Crippen LogP contribution in [0.2, 0.25) is 5.02 Å². The highest BCUT2D eigenvalue weighted by Crippen LogP contribution is 2.16. The fourth-order valence-corrected chi connectivity index (χ4v) is 2.95. The van der Waals surface area contributed by atoms with E-state index in [4.69, 9.17) is 11.6 Å². The maximum Gasteiger partial charge on any atom is 0.191 e. The average Bonchev–Trinajstić information content (AvgIpc) is 2.92. The number of rotatable bonds is 5. The van der Waals surface area contributed by atoms with E-state index in [1.165, 1.54) is 10.4 Å². The molecule has 1 heterocycles. The molecule has 0 spiro atoms. The van der Waals surface area contributed by atoms with Crippen molar-refractivity contribution in [3.63, 3.8) is 0 Å². The first-order chi connectivity index (χ1) is 10.6. The molecule has 6 heteroatoms. The molecule has 1 aromatic carbocycles. The van der Waals surface area contributed by atoms with Crippen molar-refractivity contribution in [3.05, 3.63) is 50.9 Å². The number of thiazole rings is 1. The van der Waals surface area contributed by atoms with Gasteiger partial charge in [-0.15, -0.1) is 11.3 Å². The van der Waals surface area contributed by atoms with Crippen molar-refractivity contribution in [2.24, 2.45) is 4.99 Å². The average molecular weight is 337 g/mol. The molecule has 0 saturated heterocycles. The van der Waals surface area contributed by atoms with Gasteiger partial charge in [0.25, 0.3) is 0 Å². The van der Waals surface area contributed by atoms with Gasteiger partial charge >= 0.3 is 0 Å². The number of hydrogen-bond acceptors (Lipinski definition) is 3. The van der Waals surface area contributed by atoms with Crippen LogP contribution in [0.15, 0.2) is 35.5 Å². The zero-order chi connectivity index (χ0) is 15.9. The Morgan fingerprint density at radius 3 is 2.68 bits per heavy atom. The largest absolute Gasteiger partial charge is 0.356 e. The summed E-state index contributed by atoms with van der Waals surface area (Å²) in [6, 6.07) is 7.99. The molecule has 4 nitrogen and oxygen atoms in total. The highest BCUT2D eigenvalue weighted by molar-refractivity contribution is 7.11. The number of benzene rings is 1. The van der Waals surface area contributed by atoms with Gasteiger partial charge in [0.05, 0.1) is 11.0 Å². The van der Waals surface area contributed by atoms with Gasteiger partial charge in [-0.25, -0.2) is 4.98 Å². The van der Waals surface area contributed by atoms with Gasteiger partial charge in [-0.2, -0.15) is 0 Å². The quantitative estimate of drug-likeness (QED) is 0.648. The van der Waals surface area contributed by atoms with Crippen LogP contribution in [0.5, 0.6) is 0 Å². The number of nitrogens with one attached hydrogen (secondary N) is 2. The number of hydrogen-bond donors (Lipinski definition) is 2. The lowest BCUT2D eigenvalue weighted by Gasteiger charge is -2.18. The van der Waals surface area contributed by atoms with E-state index >= 15 is 0 Å². The van der Waals surface area contributed by atoms with Crippen molar-refractivity contribution in [1.29, 1.82) is 0 Å². The van der Waals surface area contributed by atoms with Crippen LogP contribution in [-0.2, 0) is 6.42 Å². The van der Waals surface area contributed by atoms with E-state index < -0.39 is 0 Å². The molecular formula is C16H21ClN4S. The smallest absolute Gasteiger partial charge is 0.191 e. The summed E-state index contributed by atoms with van der Waals surface area (Å²) in [5.74, 6) is 0.788. The summed E-state index contributed by atoms with van der Waals surface area (Å²) in [5.41, 5.74) is 1.17. The monoisotopic (exact) mass is 336 g/mol. The van der Waals surface area contributed by atoms with Crippen LogP contribution in [0.1, 0.15) is 28.4 Å². The Bertz CT molecular complexity index is 621. The molecule has 1 unspecified atom stereocenters. The van der Waals surface area contributed by atoms with E-state index in [1.54, 1.807) is 18.4 Å². The molecule has 2 rings (SSSR count). The molecule has 118 valence electrons. The Balaban J connectivity index is 1.82. The van der Waals surface area contributed by atoms with Crippen LogP contribution in [0.3, 0.4) is 0 Å². The second-order valence-corrected chi connectivity index (χ2v) is 6.79. The predicted octanol–water partition coefficient (Wildman–Crippen LogP) is 3.57. The number of halogens is 1. The molecule has 1 atom stereocenters. The second-order valence-electron chi connectivity index (χ2n) is 5.03. The lowest BCUT2D eigenvalue weighted by molar-refractivity contribution is 0.684. The van der Waals surface area contributed by atoms with Crippen LogP contribution < -0.4 is 10.6 Å². The van der Waals surface area contributed by atoms with Crippen molar-refractivity contribution >= 4 is 28.9 Å². The Morgan fingerprint density at radius 1 is 1.36 bits per heavy atom. The van der Waals surface area contributed by atoms with Gasteiger partial charge in [0.1, 0.15) is 0 Å². The molecule has 22 heavy (non-hydrogen) atoms. The first-order valence-electron chi connectivity index (χ1n) is 7.22. The highest BCUT2D eigenvalue weighted by atomic mass is 35.5. The minimum atomic E-state index is 0.158. The fourth-order valence-electron chi connectivity index (χ4n) is 2.04. The molecule has 0 bridgehead atoms. The summed E-state index contributed by atoms with van der Waals surface area (Å²) in [5, 5.41) is 8.58. The molecule has 0 aliphatic rings. The first-order valence-corrected chi connectivity index (χ1v) is 8.42. The maximum absolute atomic E-state index is 5.92. The van der Waals surface area contributed by atoms with Crippen molar-refractivity contribution in [1.82, 2.24) is 15.6 Å². The summed E-state index contributed by atoms with van der Waals surface area (Å²) in [4.78, 5) is 9.86. The molecule has 1 aromatic heterocycles. The normalized spacial score (nSPS) is 13.0. The molecule has 0 fully saturated rings. The molecule has 0 radical (unpaired) electrons. The van der Waals surface area contributed by atoms with Crippen molar-refractivity contribution in [2.75, 3.05) is 13.6 Å². The van der Waals surface area contributed by atoms with Gasteiger partial charge in [0.2, 0.25) is 0 Å². The molecular weight excluding hydrogens is 316 g/mol. The molecule has 2 N–H and O–H groups in total. The van der Waals surface area contributed by atoms with Gasteiger partial charge < -0.3 is 10.6 Å². The van der Waals surface area contributed by atoms with Gasteiger partial charge in [-0.3, -0.25) is 4.99 Å². The molecule has 0 amide bonds. The van der Waals surface area contributed by atoms with Gasteiger partial charge in [0.15, 0.2) is 5.96 Å². The standard InChI is InChI=1S/C16H21ClN4S/c1-11-10-20-15(22-11)8-9-19-16(18-3)21-12(2)13-4-6-14(17)7-5-13/h4-7,10,12H,8-9H2,1-3H3,(H2,18,19,21). The van der Waals surface area contributed by atoms with Crippen LogP contribution in [0, 0.1) is 6.92 Å². The van der Waals surface area contributed by atoms with Gasteiger partial charge in [0, 0.05) is 36.1 Å². The first kappa shape index (κ1) is 16.8. The van der Waals surface area contributed by atoms with E-state index in [9.17, 15) is 0 Å². The maximum atomic E-state index is 5.92. The third-order valence-electron chi connectivity index (χ3n) is 3.25. The Labute approximate surface area is 140 Å². The molecule has 0 saturated carbocycles. The SMILES string of the molecule is CN=C(NCCc1ncc(C)s1)NC(C)c1ccc(Cl)cc1. The number of guanidine groups is 1. The fraction of sp³-hybridized carbons (Fsp3) is 0.375. The van der Waals surface area contributed by atoms with Crippen molar-refractivity contribution < 1.29 is 0 Å². The second kappa shape index (κ2) is 8.15. The lowest BCUT2D eigenvalue weighted by atomic mass is 10.1. The summed E-state index contributed by atoms with van der Waals surface area (Å²) < 4.78 is 0. The van der Waals surface area contributed by atoms with E-state index in [1.807, 2.05) is 30.5 Å². The zero-order valence-corrected chi connectivity index (χ0v) is 14.6. The summed E-state index contributed by atoms with van der Waals surface area (Å²) in [6.45, 7) is 4.98. The summed E-state index contributed by atoms with van der Waals surface area (Å²) in [7, 11) is 1.78. The number of aliphatic imine (C=N–C) groups is 1. The van der Waals surface area contributed by atoms with Crippen LogP contribution in [0.25, 0.3) is 0 Å². The topological polar surface area (TPSA) is 49.3 Å². The van der Waals surface area contributed by atoms with E-state index in [0.717, 1.165) is 29.0 Å². The third-order valence-corrected chi connectivity index (χ3v) is 4.47. The van der Waals surface area contributed by atoms with Crippen molar-refractivity contribution in [2.45, 2.75) is 26.3 Å². The Kier molecular flexibility index (Phi) is 6.21. The molecule has 0 aliphatic heterocycles. The summed E-state index contributed by atoms with van der Waals surface area (Å²) >= 11 is 7.65. The van der Waals surface area contributed by atoms with Gasteiger partial charge in [-0.1, -0.05) is 23.7 Å². The van der Waals surface area contributed by atoms with Crippen molar-refractivity contribution in [3.8, 4) is 0 Å².